The van der Waals surface area contributed by atoms with E-state index in [0.29, 0.717) is 6.54 Å². The monoisotopic (exact) mass is 204 g/mol. The lowest BCUT2D eigenvalue weighted by Gasteiger charge is -1.98. The molecule has 0 saturated heterocycles. The molecule has 0 aliphatic rings. The van der Waals surface area contributed by atoms with E-state index in [4.69, 9.17) is 0 Å². The highest BCUT2D eigenvalue weighted by molar-refractivity contribution is 5.17. The zero-order valence-corrected chi connectivity index (χ0v) is 8.22. The van der Waals surface area contributed by atoms with Crippen molar-refractivity contribution < 1.29 is 0 Å². The highest BCUT2D eigenvalue weighted by Crippen LogP contribution is 1.97. The fraction of sp³-hybridized carbons (Fsp3) is 0.222. The summed E-state index contributed by atoms with van der Waals surface area (Å²) in [7, 11) is 0. The van der Waals surface area contributed by atoms with Crippen molar-refractivity contribution in [1.82, 2.24) is 30.3 Å². The Kier molecular flexibility index (Phi) is 2.89. The van der Waals surface area contributed by atoms with Crippen LogP contribution in [-0.4, -0.2) is 25.0 Å². The van der Waals surface area contributed by atoms with Gasteiger partial charge in [-0.1, -0.05) is 6.58 Å². The Labute approximate surface area is 87.0 Å². The van der Waals surface area contributed by atoms with Gasteiger partial charge in [-0.25, -0.2) is 9.67 Å². The van der Waals surface area contributed by atoms with Crippen molar-refractivity contribution >= 4 is 6.20 Å². The molecular formula is C9H12N6. The second-order valence-corrected chi connectivity index (χ2v) is 3.05. The van der Waals surface area contributed by atoms with Crippen LogP contribution in [-0.2, 0) is 13.1 Å². The molecule has 2 rings (SSSR count). The largest absolute Gasteiger partial charge is 0.306 e. The van der Waals surface area contributed by atoms with Crippen LogP contribution >= 0.6 is 0 Å². The molecule has 0 spiro atoms. The predicted octanol–water partition coefficient (Wildman–Crippen LogP) is 0.392. The van der Waals surface area contributed by atoms with Crippen LogP contribution in [0.4, 0.5) is 0 Å². The van der Waals surface area contributed by atoms with Crippen molar-refractivity contribution in [2.45, 2.75) is 13.1 Å². The fourth-order valence-electron chi connectivity index (χ4n) is 1.21. The van der Waals surface area contributed by atoms with Crippen LogP contribution < -0.4 is 5.32 Å². The first kappa shape index (κ1) is 9.60. The number of nitrogens with zero attached hydrogens (tertiary/aromatic N) is 4. The van der Waals surface area contributed by atoms with E-state index < -0.39 is 0 Å². The molecule has 0 bridgehead atoms. The Morgan fingerprint density at radius 3 is 3.13 bits per heavy atom. The summed E-state index contributed by atoms with van der Waals surface area (Å²) in [5.74, 6) is 0.825. The van der Waals surface area contributed by atoms with Gasteiger partial charge >= 0.3 is 0 Å². The van der Waals surface area contributed by atoms with Gasteiger partial charge in [-0.2, -0.15) is 10.2 Å². The average Bonchev–Trinajstić information content (AvgIpc) is 2.88. The molecule has 0 amide bonds. The Morgan fingerprint density at radius 1 is 1.53 bits per heavy atom. The number of H-pyrrole nitrogens is 1. The minimum atomic E-state index is 0.666. The van der Waals surface area contributed by atoms with Crippen LogP contribution in [0.15, 0.2) is 25.3 Å². The molecule has 78 valence electrons. The average molecular weight is 204 g/mol. The van der Waals surface area contributed by atoms with E-state index in [-0.39, 0.29) is 0 Å². The molecule has 0 fully saturated rings. The maximum atomic E-state index is 4.07. The summed E-state index contributed by atoms with van der Waals surface area (Å²) in [5, 5.41) is 13.8. The lowest BCUT2D eigenvalue weighted by Crippen LogP contribution is -2.13. The summed E-state index contributed by atoms with van der Waals surface area (Å²) >= 11 is 0. The fourth-order valence-corrected chi connectivity index (χ4v) is 1.21. The maximum absolute atomic E-state index is 4.07. The third-order valence-electron chi connectivity index (χ3n) is 1.93. The number of rotatable bonds is 5. The van der Waals surface area contributed by atoms with E-state index >= 15 is 0 Å². The number of aromatic nitrogens is 5. The van der Waals surface area contributed by atoms with Gasteiger partial charge in [0.2, 0.25) is 0 Å². The standard InChI is InChI=1S/C9H12N6/c1-2-15-6-8(4-13-15)3-10-5-9-11-7-12-14-9/h2,4,6-7,10H,1,3,5H2,(H,11,12,14). The summed E-state index contributed by atoms with van der Waals surface area (Å²) in [6.45, 7) is 5.03. The zero-order valence-electron chi connectivity index (χ0n) is 8.22. The van der Waals surface area contributed by atoms with Gasteiger partial charge in [0.15, 0.2) is 0 Å². The number of aromatic amines is 1. The maximum Gasteiger partial charge on any atom is 0.138 e. The first-order valence-corrected chi connectivity index (χ1v) is 4.59. The summed E-state index contributed by atoms with van der Waals surface area (Å²) in [5.41, 5.74) is 1.11. The molecule has 0 radical (unpaired) electrons. The van der Waals surface area contributed by atoms with Crippen LogP contribution in [0.1, 0.15) is 11.4 Å². The van der Waals surface area contributed by atoms with Gasteiger partial charge in [0.1, 0.15) is 12.2 Å². The van der Waals surface area contributed by atoms with Crippen molar-refractivity contribution in [2.24, 2.45) is 0 Å². The highest BCUT2D eigenvalue weighted by atomic mass is 15.2. The predicted molar refractivity (Wildman–Crippen MR) is 55.5 cm³/mol. The Morgan fingerprint density at radius 2 is 2.47 bits per heavy atom. The molecule has 0 aliphatic heterocycles. The van der Waals surface area contributed by atoms with Gasteiger partial charge in [0, 0.05) is 24.5 Å². The summed E-state index contributed by atoms with van der Waals surface area (Å²) in [4.78, 5) is 4.00. The quantitative estimate of drug-likeness (QED) is 0.739. The Bertz CT molecular complexity index is 416. The van der Waals surface area contributed by atoms with Crippen molar-refractivity contribution in [3.63, 3.8) is 0 Å². The molecule has 0 saturated carbocycles. The molecular weight excluding hydrogens is 192 g/mol. The van der Waals surface area contributed by atoms with Crippen molar-refractivity contribution in [2.75, 3.05) is 0 Å². The molecule has 0 aromatic carbocycles. The minimum absolute atomic E-state index is 0.666. The molecule has 0 unspecified atom stereocenters. The van der Waals surface area contributed by atoms with Gasteiger partial charge in [-0.15, -0.1) is 0 Å². The topological polar surface area (TPSA) is 71.4 Å². The van der Waals surface area contributed by atoms with Crippen LogP contribution in [0.5, 0.6) is 0 Å². The van der Waals surface area contributed by atoms with Crippen molar-refractivity contribution in [3.05, 3.63) is 36.7 Å². The summed E-state index contributed by atoms with van der Waals surface area (Å²) in [6.07, 6.45) is 6.86. The highest BCUT2D eigenvalue weighted by Gasteiger charge is 1.97. The SMILES string of the molecule is C=Cn1cc(CNCc2ncn[nH]2)cn1. The summed E-state index contributed by atoms with van der Waals surface area (Å²) in [6, 6.07) is 0. The van der Waals surface area contributed by atoms with Gasteiger partial charge in [-0.05, 0) is 0 Å². The zero-order chi connectivity index (χ0) is 10.5. The molecule has 6 nitrogen and oxygen atoms in total. The van der Waals surface area contributed by atoms with E-state index in [1.54, 1.807) is 17.1 Å². The third kappa shape index (κ3) is 2.50. The smallest absolute Gasteiger partial charge is 0.138 e. The lowest BCUT2D eigenvalue weighted by molar-refractivity contribution is 0.665. The summed E-state index contributed by atoms with van der Waals surface area (Å²) < 4.78 is 1.67. The molecule has 6 heteroatoms. The third-order valence-corrected chi connectivity index (χ3v) is 1.93. The number of nitrogens with one attached hydrogen (secondary N) is 2. The molecule has 0 atom stereocenters. The van der Waals surface area contributed by atoms with Crippen molar-refractivity contribution in [3.8, 4) is 0 Å². The Balaban J connectivity index is 1.80. The normalized spacial score (nSPS) is 10.4. The van der Waals surface area contributed by atoms with Crippen LogP contribution in [0, 0.1) is 0 Å². The van der Waals surface area contributed by atoms with Gasteiger partial charge in [0.05, 0.1) is 12.7 Å². The van der Waals surface area contributed by atoms with Gasteiger partial charge in [-0.3, -0.25) is 5.10 Å². The molecule has 2 N–H and O–H groups in total. The molecule has 2 heterocycles. The van der Waals surface area contributed by atoms with Gasteiger partial charge in [0.25, 0.3) is 0 Å². The van der Waals surface area contributed by atoms with Crippen LogP contribution in [0.2, 0.25) is 0 Å². The minimum Gasteiger partial charge on any atom is -0.306 e. The lowest BCUT2D eigenvalue weighted by atomic mass is 10.3. The first-order valence-electron chi connectivity index (χ1n) is 4.59. The Hall–Kier alpha value is -1.95. The molecule has 0 aliphatic carbocycles. The van der Waals surface area contributed by atoms with E-state index in [0.717, 1.165) is 17.9 Å². The van der Waals surface area contributed by atoms with Gasteiger partial charge < -0.3 is 5.32 Å². The number of hydrogen-bond donors (Lipinski definition) is 2. The van der Waals surface area contributed by atoms with E-state index in [9.17, 15) is 0 Å². The van der Waals surface area contributed by atoms with E-state index in [2.05, 4.69) is 32.2 Å². The number of hydrogen-bond acceptors (Lipinski definition) is 4. The van der Waals surface area contributed by atoms with E-state index in [1.165, 1.54) is 6.33 Å². The second-order valence-electron chi connectivity index (χ2n) is 3.05. The van der Waals surface area contributed by atoms with E-state index in [1.807, 2.05) is 6.20 Å². The molecule has 2 aromatic rings. The first-order chi connectivity index (χ1) is 7.38. The second kappa shape index (κ2) is 4.52. The van der Waals surface area contributed by atoms with Crippen molar-refractivity contribution in [1.29, 1.82) is 0 Å². The van der Waals surface area contributed by atoms with Crippen LogP contribution in [0.3, 0.4) is 0 Å². The molecule has 15 heavy (non-hydrogen) atoms. The molecule has 2 aromatic heterocycles. The van der Waals surface area contributed by atoms with Crippen LogP contribution in [0.25, 0.3) is 6.20 Å².